The van der Waals surface area contributed by atoms with Crippen molar-refractivity contribution >= 4 is 34.7 Å². The van der Waals surface area contributed by atoms with Gasteiger partial charge < -0.3 is 5.11 Å². The van der Waals surface area contributed by atoms with E-state index in [0.717, 1.165) is 47.8 Å². The summed E-state index contributed by atoms with van der Waals surface area (Å²) in [4.78, 5) is 9.53. The van der Waals surface area contributed by atoms with E-state index in [1.807, 2.05) is 42.5 Å². The molecule has 1 aromatic heterocycles. The summed E-state index contributed by atoms with van der Waals surface area (Å²) in [5, 5.41) is 11.6. The second-order valence-electron chi connectivity index (χ2n) is 7.22. The maximum absolute atomic E-state index is 10.00. The number of hydrogen-bond donors (Lipinski definition) is 3. The van der Waals surface area contributed by atoms with Gasteiger partial charge in [-0.05, 0) is 54.8 Å². The Morgan fingerprint density at radius 1 is 1.04 bits per heavy atom. The number of nitrogens with zero attached hydrogens (tertiary/aromatic N) is 2. The van der Waals surface area contributed by atoms with Crippen molar-refractivity contribution in [3.05, 3.63) is 64.6 Å². The van der Waals surface area contributed by atoms with Crippen LogP contribution in [0.15, 0.2) is 42.5 Å². The van der Waals surface area contributed by atoms with Crippen LogP contribution in [0.5, 0.6) is 5.75 Å². The van der Waals surface area contributed by atoms with Gasteiger partial charge in [0.05, 0.1) is 11.2 Å². The number of hydrazine groups is 1. The predicted octanol–water partition coefficient (Wildman–Crippen LogP) is 4.65. The van der Waals surface area contributed by atoms with Crippen LogP contribution < -0.4 is 11.3 Å². The lowest BCUT2D eigenvalue weighted by Gasteiger charge is -2.31. The van der Waals surface area contributed by atoms with Crippen LogP contribution in [0.3, 0.4) is 0 Å². The molecule has 0 amide bonds. The molecule has 1 fully saturated rings. The van der Waals surface area contributed by atoms with E-state index in [9.17, 15) is 5.11 Å². The average molecular weight is 395 g/mol. The summed E-state index contributed by atoms with van der Waals surface area (Å²) in [6.45, 7) is 0. The minimum Gasteiger partial charge on any atom is -0.508 e. The van der Waals surface area contributed by atoms with Crippen molar-refractivity contribution in [1.29, 1.82) is 0 Å². The number of phenols is 1. The molecule has 4 N–H and O–H groups in total. The third kappa shape index (κ3) is 4.02. The SMILES string of the molecule is NNC1CCCCC1c1nc(C=Cc2ccc(Cl)cc2)nc2ccc(O)cc12. The van der Waals surface area contributed by atoms with Crippen molar-refractivity contribution in [3.8, 4) is 5.75 Å². The Labute approximate surface area is 169 Å². The fourth-order valence-electron chi connectivity index (χ4n) is 3.92. The molecule has 3 aromatic rings. The van der Waals surface area contributed by atoms with Crippen LogP contribution in [-0.2, 0) is 0 Å². The predicted molar refractivity (Wildman–Crippen MR) is 114 cm³/mol. The lowest BCUT2D eigenvalue weighted by molar-refractivity contribution is 0.328. The standard InChI is InChI=1S/C22H23ClN4O/c23-15-8-5-14(6-9-15)7-12-21-25-19-11-10-16(28)13-18(19)22(26-21)17-3-1-2-4-20(17)27-24/h5-13,17,20,27-28H,1-4,24H2. The van der Waals surface area contributed by atoms with Gasteiger partial charge in [-0.2, -0.15) is 0 Å². The second kappa shape index (κ2) is 8.27. The Kier molecular flexibility index (Phi) is 5.57. The van der Waals surface area contributed by atoms with Gasteiger partial charge in [-0.25, -0.2) is 9.97 Å². The third-order valence-electron chi connectivity index (χ3n) is 5.35. The van der Waals surface area contributed by atoms with E-state index >= 15 is 0 Å². The fourth-order valence-corrected chi connectivity index (χ4v) is 4.04. The Bertz CT molecular complexity index is 1000. The first-order valence-corrected chi connectivity index (χ1v) is 9.92. The highest BCUT2D eigenvalue weighted by Crippen LogP contribution is 2.36. The Balaban J connectivity index is 1.78. The van der Waals surface area contributed by atoms with Crippen molar-refractivity contribution in [2.24, 2.45) is 5.84 Å². The van der Waals surface area contributed by atoms with Gasteiger partial charge in [0, 0.05) is 22.4 Å². The number of phenolic OH excluding ortho intramolecular Hbond substituents is 1. The largest absolute Gasteiger partial charge is 0.508 e. The normalized spacial score (nSPS) is 20.1. The molecule has 144 valence electrons. The zero-order valence-electron chi connectivity index (χ0n) is 15.5. The zero-order valence-corrected chi connectivity index (χ0v) is 16.2. The van der Waals surface area contributed by atoms with Gasteiger partial charge in [0.1, 0.15) is 5.75 Å². The molecule has 1 saturated carbocycles. The number of halogens is 1. The van der Waals surface area contributed by atoms with E-state index in [1.165, 1.54) is 0 Å². The van der Waals surface area contributed by atoms with Crippen LogP contribution in [0.25, 0.3) is 23.1 Å². The molecule has 2 atom stereocenters. The van der Waals surface area contributed by atoms with Crippen molar-refractivity contribution in [2.75, 3.05) is 0 Å². The number of rotatable bonds is 4. The van der Waals surface area contributed by atoms with Crippen LogP contribution in [0.2, 0.25) is 5.02 Å². The maximum Gasteiger partial charge on any atom is 0.152 e. The number of nitrogens with two attached hydrogens (primary N) is 1. The van der Waals surface area contributed by atoms with Gasteiger partial charge in [-0.15, -0.1) is 0 Å². The quantitative estimate of drug-likeness (QED) is 0.443. The van der Waals surface area contributed by atoms with Gasteiger partial charge in [-0.3, -0.25) is 11.3 Å². The van der Waals surface area contributed by atoms with E-state index in [-0.39, 0.29) is 17.7 Å². The highest BCUT2D eigenvalue weighted by atomic mass is 35.5. The average Bonchev–Trinajstić information content (AvgIpc) is 2.73. The maximum atomic E-state index is 10.00. The van der Waals surface area contributed by atoms with Crippen molar-refractivity contribution in [2.45, 2.75) is 37.6 Å². The molecule has 0 saturated heterocycles. The summed E-state index contributed by atoms with van der Waals surface area (Å²) < 4.78 is 0. The molecule has 0 bridgehead atoms. The Morgan fingerprint density at radius 2 is 1.82 bits per heavy atom. The minimum atomic E-state index is 0.169. The minimum absolute atomic E-state index is 0.169. The monoisotopic (exact) mass is 394 g/mol. The fraction of sp³-hybridized carbons (Fsp3) is 0.273. The summed E-state index contributed by atoms with van der Waals surface area (Å²) in [6, 6.07) is 13.0. The molecule has 6 heteroatoms. The smallest absolute Gasteiger partial charge is 0.152 e. The van der Waals surface area contributed by atoms with Crippen LogP contribution in [-0.4, -0.2) is 21.1 Å². The van der Waals surface area contributed by atoms with Crippen LogP contribution >= 0.6 is 11.6 Å². The molecule has 0 aliphatic heterocycles. The van der Waals surface area contributed by atoms with E-state index in [4.69, 9.17) is 22.4 Å². The molecule has 1 aliphatic carbocycles. The van der Waals surface area contributed by atoms with Crippen molar-refractivity contribution < 1.29 is 5.11 Å². The first kappa shape index (κ1) is 18.9. The lowest BCUT2D eigenvalue weighted by Crippen LogP contribution is -2.41. The van der Waals surface area contributed by atoms with Crippen LogP contribution in [0, 0.1) is 0 Å². The molecular weight excluding hydrogens is 372 g/mol. The molecule has 5 nitrogen and oxygen atoms in total. The summed E-state index contributed by atoms with van der Waals surface area (Å²) >= 11 is 5.96. The molecule has 1 heterocycles. The van der Waals surface area contributed by atoms with Crippen LogP contribution in [0.4, 0.5) is 0 Å². The van der Waals surface area contributed by atoms with Gasteiger partial charge in [0.2, 0.25) is 0 Å². The molecule has 1 aliphatic rings. The molecule has 2 unspecified atom stereocenters. The summed E-state index contributed by atoms with van der Waals surface area (Å²) in [5.41, 5.74) is 5.75. The van der Waals surface area contributed by atoms with Gasteiger partial charge in [0.25, 0.3) is 0 Å². The second-order valence-corrected chi connectivity index (χ2v) is 7.65. The van der Waals surface area contributed by atoms with Gasteiger partial charge >= 0.3 is 0 Å². The highest BCUT2D eigenvalue weighted by molar-refractivity contribution is 6.30. The van der Waals surface area contributed by atoms with Crippen molar-refractivity contribution in [1.82, 2.24) is 15.4 Å². The van der Waals surface area contributed by atoms with Crippen molar-refractivity contribution in [3.63, 3.8) is 0 Å². The molecule has 2 aromatic carbocycles. The molecular formula is C22H23ClN4O. The molecule has 4 rings (SSSR count). The van der Waals surface area contributed by atoms with E-state index < -0.39 is 0 Å². The first-order valence-electron chi connectivity index (χ1n) is 9.54. The van der Waals surface area contributed by atoms with E-state index in [2.05, 4.69) is 10.4 Å². The first-order chi connectivity index (χ1) is 13.6. The molecule has 0 spiro atoms. The highest BCUT2D eigenvalue weighted by Gasteiger charge is 2.28. The number of aromatic hydroxyl groups is 1. The summed E-state index contributed by atoms with van der Waals surface area (Å²) in [5.74, 6) is 6.87. The zero-order chi connectivity index (χ0) is 19.5. The third-order valence-corrected chi connectivity index (χ3v) is 5.60. The van der Waals surface area contributed by atoms with Gasteiger partial charge in [0.15, 0.2) is 5.82 Å². The number of fused-ring (bicyclic) bond motifs is 1. The number of aromatic nitrogens is 2. The topological polar surface area (TPSA) is 84.1 Å². The molecule has 28 heavy (non-hydrogen) atoms. The van der Waals surface area contributed by atoms with Gasteiger partial charge in [-0.1, -0.05) is 42.7 Å². The number of nitrogens with one attached hydrogen (secondary N) is 1. The van der Waals surface area contributed by atoms with E-state index in [0.29, 0.717) is 10.8 Å². The number of benzene rings is 2. The summed E-state index contributed by atoms with van der Waals surface area (Å²) in [7, 11) is 0. The Morgan fingerprint density at radius 3 is 2.61 bits per heavy atom. The summed E-state index contributed by atoms with van der Waals surface area (Å²) in [6.07, 6.45) is 8.21. The van der Waals surface area contributed by atoms with Crippen LogP contribution in [0.1, 0.15) is 48.7 Å². The Hall–Kier alpha value is -2.47. The lowest BCUT2D eigenvalue weighted by atomic mass is 9.81. The molecule has 0 radical (unpaired) electrons. The number of hydrogen-bond acceptors (Lipinski definition) is 5. The van der Waals surface area contributed by atoms with E-state index in [1.54, 1.807) is 12.1 Å².